The molecule has 0 bridgehead atoms. The molecule has 0 saturated heterocycles. The van der Waals surface area contributed by atoms with Crippen molar-refractivity contribution in [3.8, 4) is 5.75 Å². The quantitative estimate of drug-likeness (QED) is 0.880. The van der Waals surface area contributed by atoms with Crippen LogP contribution in [0.1, 0.15) is 25.1 Å². The molecule has 0 amide bonds. The zero-order valence-corrected chi connectivity index (χ0v) is 13.5. The number of nitrogens with one attached hydrogen (secondary N) is 2. The molecule has 1 aromatic carbocycles. The number of aromatic nitrogens is 2. The summed E-state index contributed by atoms with van der Waals surface area (Å²) in [4.78, 5) is 5.22. The molecule has 2 heterocycles. The van der Waals surface area contributed by atoms with Gasteiger partial charge in [-0.3, -0.25) is 0 Å². The molecule has 0 unspecified atom stereocenters. The van der Waals surface area contributed by atoms with Gasteiger partial charge in [-0.2, -0.15) is 13.2 Å². The Morgan fingerprint density at radius 3 is 2.67 bits per heavy atom. The number of ether oxygens (including phenoxy) is 1. The molecule has 0 saturated carbocycles. The molecular weight excluding hydrogens is 347 g/mol. The maximum atomic E-state index is 12.5. The van der Waals surface area contributed by atoms with Crippen LogP contribution in [0.15, 0.2) is 29.3 Å². The van der Waals surface area contributed by atoms with Crippen LogP contribution >= 0.6 is 0 Å². The molecular formula is C14H14F3N3O3S. The van der Waals surface area contributed by atoms with Gasteiger partial charge in [-0.1, -0.05) is 0 Å². The van der Waals surface area contributed by atoms with Crippen molar-refractivity contribution < 1.29 is 26.3 Å². The summed E-state index contributed by atoms with van der Waals surface area (Å²) < 4.78 is 69.9. The highest BCUT2D eigenvalue weighted by atomic mass is 32.2. The lowest BCUT2D eigenvalue weighted by Gasteiger charge is -2.16. The molecule has 0 atom stereocenters. The average Bonchev–Trinajstić information content (AvgIpc) is 2.98. The molecule has 0 radical (unpaired) electrons. The number of hydrogen-bond donors (Lipinski definition) is 2. The Morgan fingerprint density at radius 1 is 1.33 bits per heavy atom. The predicted octanol–water partition coefficient (Wildman–Crippen LogP) is 2.94. The summed E-state index contributed by atoms with van der Waals surface area (Å²) in [5, 5.41) is 0. The number of H-pyrrole nitrogens is 1. The normalized spacial score (nSPS) is 16.5. The number of hydrogen-bond acceptors (Lipinski definition) is 4. The monoisotopic (exact) mass is 361 g/mol. The van der Waals surface area contributed by atoms with Crippen molar-refractivity contribution >= 4 is 16.0 Å². The number of nitrogens with zero attached hydrogens (tertiary/aromatic N) is 1. The van der Waals surface area contributed by atoms with Gasteiger partial charge in [-0.15, -0.1) is 0 Å². The molecule has 6 nitrogen and oxygen atoms in total. The first-order valence-electron chi connectivity index (χ1n) is 6.93. The van der Waals surface area contributed by atoms with Gasteiger partial charge in [0.05, 0.1) is 11.1 Å². The molecule has 10 heteroatoms. The van der Waals surface area contributed by atoms with Crippen molar-refractivity contribution in [3.63, 3.8) is 0 Å². The minimum absolute atomic E-state index is 0.0764. The Bertz CT molecular complexity index is 888. The SMILES string of the molecule is CC1(C)Cc2cc(S(=O)(=O)Nc3ncc(C(F)(F)F)[nH]3)ccc2O1. The van der Waals surface area contributed by atoms with Gasteiger partial charge in [0.1, 0.15) is 17.0 Å². The van der Waals surface area contributed by atoms with E-state index in [1.165, 1.54) is 18.2 Å². The molecule has 1 aliphatic heterocycles. The van der Waals surface area contributed by atoms with Crippen LogP contribution in [-0.2, 0) is 22.6 Å². The first kappa shape index (κ1) is 16.6. The first-order valence-corrected chi connectivity index (χ1v) is 8.42. The van der Waals surface area contributed by atoms with Crippen LogP contribution in [0.2, 0.25) is 0 Å². The van der Waals surface area contributed by atoms with Gasteiger partial charge in [0, 0.05) is 6.42 Å². The first-order chi connectivity index (χ1) is 11.0. The maximum absolute atomic E-state index is 12.5. The molecule has 24 heavy (non-hydrogen) atoms. The summed E-state index contributed by atoms with van der Waals surface area (Å²) in [7, 11) is -4.07. The van der Waals surface area contributed by atoms with Crippen LogP contribution in [-0.4, -0.2) is 24.0 Å². The van der Waals surface area contributed by atoms with E-state index in [9.17, 15) is 21.6 Å². The molecule has 0 aliphatic carbocycles. The lowest BCUT2D eigenvalue weighted by atomic mass is 10.0. The Labute approximate surface area is 136 Å². The van der Waals surface area contributed by atoms with Crippen molar-refractivity contribution in [1.82, 2.24) is 9.97 Å². The van der Waals surface area contributed by atoms with Gasteiger partial charge >= 0.3 is 6.18 Å². The lowest BCUT2D eigenvalue weighted by Crippen LogP contribution is -2.24. The topological polar surface area (TPSA) is 84.1 Å². The number of fused-ring (bicyclic) bond motifs is 1. The molecule has 0 spiro atoms. The van der Waals surface area contributed by atoms with E-state index in [-0.39, 0.29) is 4.90 Å². The van der Waals surface area contributed by atoms with Crippen molar-refractivity contribution in [1.29, 1.82) is 0 Å². The van der Waals surface area contributed by atoms with E-state index < -0.39 is 33.4 Å². The number of benzene rings is 1. The van der Waals surface area contributed by atoms with Gasteiger partial charge < -0.3 is 9.72 Å². The Kier molecular flexibility index (Phi) is 3.55. The highest BCUT2D eigenvalue weighted by Gasteiger charge is 2.34. The number of imidazole rings is 1. The summed E-state index contributed by atoms with van der Waals surface area (Å²) in [5.41, 5.74) is -0.844. The number of rotatable bonds is 3. The summed E-state index contributed by atoms with van der Waals surface area (Å²) in [6.45, 7) is 3.75. The number of alkyl halides is 3. The molecule has 1 aromatic heterocycles. The number of anilines is 1. The van der Waals surface area contributed by atoms with Crippen LogP contribution in [0, 0.1) is 0 Å². The zero-order valence-electron chi connectivity index (χ0n) is 12.7. The van der Waals surface area contributed by atoms with Gasteiger partial charge in [0.2, 0.25) is 5.95 Å². The van der Waals surface area contributed by atoms with Crippen molar-refractivity contribution in [2.24, 2.45) is 0 Å². The molecule has 0 fully saturated rings. The van der Waals surface area contributed by atoms with E-state index in [2.05, 4.69) is 4.98 Å². The molecule has 3 rings (SSSR count). The Balaban J connectivity index is 1.86. The lowest BCUT2D eigenvalue weighted by molar-refractivity contribution is -0.140. The van der Waals surface area contributed by atoms with Gasteiger partial charge in [0.15, 0.2) is 0 Å². The van der Waals surface area contributed by atoms with Gasteiger partial charge in [0.25, 0.3) is 10.0 Å². The average molecular weight is 361 g/mol. The number of aromatic amines is 1. The second kappa shape index (κ2) is 5.13. The van der Waals surface area contributed by atoms with Crippen molar-refractivity contribution in [2.45, 2.75) is 36.9 Å². The highest BCUT2D eigenvalue weighted by molar-refractivity contribution is 7.92. The molecule has 2 N–H and O–H groups in total. The summed E-state index contributed by atoms with van der Waals surface area (Å²) >= 11 is 0. The number of sulfonamides is 1. The van der Waals surface area contributed by atoms with E-state index in [0.29, 0.717) is 18.4 Å². The van der Waals surface area contributed by atoms with Crippen molar-refractivity contribution in [2.75, 3.05) is 4.72 Å². The second-order valence-electron chi connectivity index (χ2n) is 6.06. The third-order valence-corrected chi connectivity index (χ3v) is 4.79. The zero-order chi connectivity index (χ0) is 17.8. The van der Waals surface area contributed by atoms with E-state index in [1.54, 1.807) is 0 Å². The number of halogens is 3. The largest absolute Gasteiger partial charge is 0.487 e. The Morgan fingerprint density at radius 2 is 2.04 bits per heavy atom. The van der Waals surface area contributed by atoms with Crippen LogP contribution in [0.5, 0.6) is 5.75 Å². The summed E-state index contributed by atoms with van der Waals surface area (Å²) in [6.07, 6.45) is -3.57. The Hall–Kier alpha value is -2.23. The van der Waals surface area contributed by atoms with Gasteiger partial charge in [-0.25, -0.2) is 18.1 Å². The fraction of sp³-hybridized carbons (Fsp3) is 0.357. The molecule has 1 aliphatic rings. The minimum Gasteiger partial charge on any atom is -0.487 e. The smallest absolute Gasteiger partial charge is 0.432 e. The standard InChI is InChI=1S/C14H14F3N3O3S/c1-13(2)6-8-5-9(3-4-10(8)23-13)24(21,22)20-12-18-7-11(19-12)14(15,16)17/h3-5,7H,6H2,1-2H3,(H2,18,19,20). The van der Waals surface area contributed by atoms with Crippen LogP contribution in [0.4, 0.5) is 19.1 Å². The van der Waals surface area contributed by atoms with E-state index >= 15 is 0 Å². The van der Waals surface area contributed by atoms with E-state index in [0.717, 1.165) is 5.56 Å². The summed E-state index contributed by atoms with van der Waals surface area (Å²) in [6, 6.07) is 4.30. The second-order valence-corrected chi connectivity index (χ2v) is 7.74. The minimum atomic E-state index is -4.63. The molecule has 130 valence electrons. The fourth-order valence-electron chi connectivity index (χ4n) is 2.46. The summed E-state index contributed by atoms with van der Waals surface area (Å²) in [5.74, 6) is 0.0932. The van der Waals surface area contributed by atoms with Crippen LogP contribution in [0.25, 0.3) is 0 Å². The van der Waals surface area contributed by atoms with Crippen LogP contribution in [0.3, 0.4) is 0 Å². The predicted molar refractivity (Wildman–Crippen MR) is 79.3 cm³/mol. The molecule has 2 aromatic rings. The third-order valence-electron chi connectivity index (χ3n) is 3.46. The van der Waals surface area contributed by atoms with Gasteiger partial charge in [-0.05, 0) is 37.6 Å². The fourth-order valence-corrected chi connectivity index (χ4v) is 3.48. The van der Waals surface area contributed by atoms with Crippen molar-refractivity contribution in [3.05, 3.63) is 35.7 Å². The third kappa shape index (κ3) is 3.18. The van der Waals surface area contributed by atoms with E-state index in [4.69, 9.17) is 4.74 Å². The van der Waals surface area contributed by atoms with Crippen LogP contribution < -0.4 is 9.46 Å². The highest BCUT2D eigenvalue weighted by Crippen LogP contribution is 2.36. The maximum Gasteiger partial charge on any atom is 0.432 e. The van der Waals surface area contributed by atoms with E-state index in [1.807, 2.05) is 23.6 Å².